The zero-order valence-corrected chi connectivity index (χ0v) is 6.97. The number of halogens is 1. The lowest BCUT2D eigenvalue weighted by Crippen LogP contribution is -2.02. The number of hydrogen-bond acceptors (Lipinski definition) is 5. The van der Waals surface area contributed by atoms with Crippen molar-refractivity contribution < 1.29 is 13.4 Å². The monoisotopic (exact) mass is 188 g/mol. The van der Waals surface area contributed by atoms with Crippen molar-refractivity contribution in [2.45, 2.75) is 5.16 Å². The molecule has 0 aliphatic rings. The van der Waals surface area contributed by atoms with Crippen LogP contribution in [-0.2, 0) is 4.74 Å². The highest BCUT2D eigenvalue weighted by molar-refractivity contribution is 7.94. The first-order valence-electron chi connectivity index (χ1n) is 2.97. The maximum atomic E-state index is 11.8. The SMILES string of the molecule is COC(=O)c1cnc(SF)nc1. The van der Waals surface area contributed by atoms with E-state index in [-0.39, 0.29) is 22.9 Å². The number of rotatable bonds is 2. The van der Waals surface area contributed by atoms with Gasteiger partial charge in [0.2, 0.25) is 5.16 Å². The second-order valence-electron chi connectivity index (χ2n) is 1.82. The molecule has 1 heterocycles. The van der Waals surface area contributed by atoms with E-state index in [1.165, 1.54) is 19.5 Å². The molecule has 0 aromatic carbocycles. The highest BCUT2D eigenvalue weighted by atomic mass is 32.2. The van der Waals surface area contributed by atoms with Crippen LogP contribution in [0, 0.1) is 0 Å². The first-order valence-corrected chi connectivity index (χ1v) is 3.68. The largest absolute Gasteiger partial charge is 0.465 e. The molecule has 0 bridgehead atoms. The van der Waals surface area contributed by atoms with Crippen LogP contribution in [0.5, 0.6) is 0 Å². The summed E-state index contributed by atoms with van der Waals surface area (Å²) in [7, 11) is 1.25. The van der Waals surface area contributed by atoms with Gasteiger partial charge in [-0.25, -0.2) is 14.8 Å². The number of ether oxygens (including phenoxy) is 1. The average Bonchev–Trinajstić information content (AvgIpc) is 2.17. The van der Waals surface area contributed by atoms with E-state index in [2.05, 4.69) is 14.7 Å². The van der Waals surface area contributed by atoms with Crippen LogP contribution in [0.25, 0.3) is 0 Å². The van der Waals surface area contributed by atoms with Gasteiger partial charge in [0.15, 0.2) is 0 Å². The van der Waals surface area contributed by atoms with Crippen molar-refractivity contribution in [1.29, 1.82) is 0 Å². The zero-order chi connectivity index (χ0) is 8.97. The standard InChI is InChI=1S/C6H5FN2O2S/c1-11-5(10)4-2-8-6(12-7)9-3-4/h2-3H,1H3. The van der Waals surface area contributed by atoms with Gasteiger partial charge in [0.05, 0.1) is 12.7 Å². The quantitative estimate of drug-likeness (QED) is 0.516. The summed E-state index contributed by atoms with van der Waals surface area (Å²) in [6.07, 6.45) is 2.42. The number of hydrogen-bond donors (Lipinski definition) is 0. The fourth-order valence-electron chi connectivity index (χ4n) is 0.579. The Morgan fingerprint density at radius 1 is 1.58 bits per heavy atom. The van der Waals surface area contributed by atoms with E-state index in [4.69, 9.17) is 0 Å². The van der Waals surface area contributed by atoms with Gasteiger partial charge in [0, 0.05) is 12.4 Å². The van der Waals surface area contributed by atoms with E-state index in [1.54, 1.807) is 0 Å². The van der Waals surface area contributed by atoms with Gasteiger partial charge >= 0.3 is 5.97 Å². The van der Waals surface area contributed by atoms with E-state index >= 15 is 0 Å². The van der Waals surface area contributed by atoms with Gasteiger partial charge in [-0.2, -0.15) is 3.89 Å². The number of carbonyl (C=O) groups excluding carboxylic acids is 1. The molecule has 0 aliphatic carbocycles. The fourth-order valence-corrected chi connectivity index (χ4v) is 0.764. The zero-order valence-electron chi connectivity index (χ0n) is 6.15. The molecule has 1 aromatic heterocycles. The Bertz CT molecular complexity index is 277. The van der Waals surface area contributed by atoms with Crippen molar-refractivity contribution in [1.82, 2.24) is 9.97 Å². The van der Waals surface area contributed by atoms with Crippen LogP contribution in [0.15, 0.2) is 17.6 Å². The summed E-state index contributed by atoms with van der Waals surface area (Å²) >= 11 is -0.0775. The predicted octanol–water partition coefficient (Wildman–Crippen LogP) is 1.24. The van der Waals surface area contributed by atoms with Gasteiger partial charge in [0.1, 0.15) is 12.1 Å². The maximum absolute atomic E-state index is 11.8. The van der Waals surface area contributed by atoms with E-state index in [9.17, 15) is 8.68 Å². The van der Waals surface area contributed by atoms with Crippen molar-refractivity contribution >= 4 is 18.1 Å². The lowest BCUT2D eigenvalue weighted by Gasteiger charge is -1.96. The van der Waals surface area contributed by atoms with Crippen molar-refractivity contribution in [2.24, 2.45) is 0 Å². The Balaban J connectivity index is 2.84. The summed E-state index contributed by atoms with van der Waals surface area (Å²) in [6, 6.07) is 0. The predicted molar refractivity (Wildman–Crippen MR) is 40.3 cm³/mol. The molecule has 0 unspecified atom stereocenters. The number of nitrogens with zero attached hydrogens (tertiary/aromatic N) is 2. The van der Waals surface area contributed by atoms with E-state index < -0.39 is 5.97 Å². The topological polar surface area (TPSA) is 52.1 Å². The summed E-state index contributed by atoms with van der Waals surface area (Å²) < 4.78 is 16.2. The molecule has 0 spiro atoms. The van der Waals surface area contributed by atoms with Crippen molar-refractivity contribution in [3.63, 3.8) is 0 Å². The van der Waals surface area contributed by atoms with Gasteiger partial charge in [-0.15, -0.1) is 0 Å². The third-order valence-electron chi connectivity index (χ3n) is 1.12. The molecule has 64 valence electrons. The highest BCUT2D eigenvalue weighted by Crippen LogP contribution is 2.11. The molecule has 4 nitrogen and oxygen atoms in total. The minimum absolute atomic E-state index is 0.0253. The van der Waals surface area contributed by atoms with E-state index in [0.717, 1.165) is 0 Å². The fraction of sp³-hybridized carbons (Fsp3) is 0.167. The number of carbonyl (C=O) groups is 1. The van der Waals surface area contributed by atoms with Crippen LogP contribution in [0.4, 0.5) is 3.89 Å². The van der Waals surface area contributed by atoms with Gasteiger partial charge in [0.25, 0.3) is 0 Å². The molecule has 0 atom stereocenters. The minimum atomic E-state index is -0.537. The number of aromatic nitrogens is 2. The van der Waals surface area contributed by atoms with Crippen LogP contribution in [0.1, 0.15) is 10.4 Å². The first kappa shape index (κ1) is 8.92. The third kappa shape index (κ3) is 1.91. The van der Waals surface area contributed by atoms with Crippen molar-refractivity contribution in [2.75, 3.05) is 7.11 Å². The molecule has 0 saturated carbocycles. The van der Waals surface area contributed by atoms with E-state index in [0.29, 0.717) is 0 Å². The first-order chi connectivity index (χ1) is 5.77. The van der Waals surface area contributed by atoms with Gasteiger partial charge < -0.3 is 4.74 Å². The van der Waals surface area contributed by atoms with Crippen molar-refractivity contribution in [3.05, 3.63) is 18.0 Å². The number of methoxy groups -OCH3 is 1. The van der Waals surface area contributed by atoms with Crippen LogP contribution in [0.3, 0.4) is 0 Å². The normalized spacial score (nSPS) is 9.50. The smallest absolute Gasteiger partial charge is 0.341 e. The summed E-state index contributed by atoms with van der Waals surface area (Å²) in [5.74, 6) is -0.537. The van der Waals surface area contributed by atoms with Gasteiger partial charge in [-0.1, -0.05) is 0 Å². The second-order valence-corrected chi connectivity index (χ2v) is 2.34. The molecule has 6 heteroatoms. The molecule has 0 amide bonds. The lowest BCUT2D eigenvalue weighted by atomic mass is 10.4. The molecular formula is C6H5FN2O2S. The van der Waals surface area contributed by atoms with Crippen molar-refractivity contribution in [3.8, 4) is 0 Å². The molecule has 1 rings (SSSR count). The Morgan fingerprint density at radius 2 is 2.17 bits per heavy atom. The molecule has 12 heavy (non-hydrogen) atoms. The highest BCUT2D eigenvalue weighted by Gasteiger charge is 2.06. The van der Waals surface area contributed by atoms with Crippen LogP contribution in [0.2, 0.25) is 0 Å². The van der Waals surface area contributed by atoms with Gasteiger partial charge in [-0.05, 0) is 0 Å². The number of esters is 1. The Hall–Kier alpha value is -1.17. The maximum Gasteiger partial charge on any atom is 0.341 e. The average molecular weight is 188 g/mol. The van der Waals surface area contributed by atoms with Crippen LogP contribution >= 0.6 is 12.1 Å². The van der Waals surface area contributed by atoms with Crippen LogP contribution < -0.4 is 0 Å². The second kappa shape index (κ2) is 4.01. The van der Waals surface area contributed by atoms with E-state index in [1.807, 2.05) is 0 Å². The lowest BCUT2D eigenvalue weighted by molar-refractivity contribution is 0.0599. The minimum Gasteiger partial charge on any atom is -0.465 e. The molecule has 1 aromatic rings. The summed E-state index contributed by atoms with van der Waals surface area (Å²) in [4.78, 5) is 17.9. The van der Waals surface area contributed by atoms with Crippen LogP contribution in [-0.4, -0.2) is 23.0 Å². The summed E-state index contributed by atoms with van der Waals surface area (Å²) in [5, 5.41) is -0.0253. The molecule has 0 fully saturated rings. The Kier molecular flexibility index (Phi) is 2.98. The third-order valence-corrected chi connectivity index (χ3v) is 1.47. The molecular weight excluding hydrogens is 183 g/mol. The molecule has 0 N–H and O–H groups in total. The molecule has 0 radical (unpaired) electrons. The summed E-state index contributed by atoms with van der Waals surface area (Å²) in [5.41, 5.74) is 0.204. The molecule has 0 saturated heterocycles. The Labute approximate surface area is 72.5 Å². The molecule has 0 aliphatic heterocycles. The summed E-state index contributed by atoms with van der Waals surface area (Å²) in [6.45, 7) is 0. The van der Waals surface area contributed by atoms with Gasteiger partial charge in [-0.3, -0.25) is 0 Å². The Morgan fingerprint density at radius 3 is 2.58 bits per heavy atom.